The van der Waals surface area contributed by atoms with E-state index in [0.29, 0.717) is 0 Å². The lowest BCUT2D eigenvalue weighted by atomic mass is 10.1. The van der Waals surface area contributed by atoms with E-state index >= 15 is 0 Å². The summed E-state index contributed by atoms with van der Waals surface area (Å²) >= 11 is 1.49. The Morgan fingerprint density at radius 2 is 2.06 bits per heavy atom. The van der Waals surface area contributed by atoms with E-state index in [1.807, 2.05) is 31.2 Å². The molecule has 0 radical (unpaired) electrons. The number of aliphatic hydroxyl groups is 1. The van der Waals surface area contributed by atoms with E-state index in [4.69, 9.17) is 0 Å². The third-order valence-corrected chi connectivity index (χ3v) is 3.48. The van der Waals surface area contributed by atoms with Crippen molar-refractivity contribution in [1.29, 1.82) is 0 Å². The smallest absolute Gasteiger partial charge is 0.213 e. The number of hydrogen-bond donors (Lipinski definition) is 1. The molecular weight excluding hydrogens is 236 g/mol. The van der Waals surface area contributed by atoms with Gasteiger partial charge in [-0.3, -0.25) is 0 Å². The number of aryl methyl sites for hydroxylation is 1. The molecule has 0 aliphatic carbocycles. The van der Waals surface area contributed by atoms with Crippen LogP contribution < -0.4 is 0 Å². The standard InChI is InChI=1S/C11H14N4OS/c1-3-10(16)8-4-6-9(7-5-8)17-11-12-13-14-15(11)2/h4-7,10,16H,3H2,1-2H3. The number of rotatable bonds is 4. The van der Waals surface area contributed by atoms with Crippen molar-refractivity contribution >= 4 is 11.8 Å². The quantitative estimate of drug-likeness (QED) is 0.896. The molecule has 0 spiro atoms. The third kappa shape index (κ3) is 2.83. The zero-order valence-electron chi connectivity index (χ0n) is 9.74. The SMILES string of the molecule is CCC(O)c1ccc(Sc2nnnn2C)cc1. The summed E-state index contributed by atoms with van der Waals surface area (Å²) in [7, 11) is 1.80. The van der Waals surface area contributed by atoms with Crippen LogP contribution in [-0.2, 0) is 7.05 Å². The molecule has 0 bridgehead atoms. The summed E-state index contributed by atoms with van der Waals surface area (Å²) in [4.78, 5) is 1.05. The minimum Gasteiger partial charge on any atom is -0.388 e. The van der Waals surface area contributed by atoms with Gasteiger partial charge in [-0.25, -0.2) is 4.68 Å². The number of nitrogens with zero attached hydrogens (tertiary/aromatic N) is 4. The Labute approximate surface area is 104 Å². The second-order valence-electron chi connectivity index (χ2n) is 3.68. The lowest BCUT2D eigenvalue weighted by Gasteiger charge is -2.08. The fourth-order valence-electron chi connectivity index (χ4n) is 1.41. The molecule has 0 fully saturated rings. The van der Waals surface area contributed by atoms with Crippen LogP contribution in [0.1, 0.15) is 25.0 Å². The number of hydrogen-bond acceptors (Lipinski definition) is 5. The van der Waals surface area contributed by atoms with E-state index in [-0.39, 0.29) is 6.10 Å². The van der Waals surface area contributed by atoms with Crippen LogP contribution in [0.25, 0.3) is 0 Å². The number of tetrazole rings is 1. The molecule has 0 saturated carbocycles. The highest BCUT2D eigenvalue weighted by molar-refractivity contribution is 7.99. The molecular formula is C11H14N4OS. The second kappa shape index (κ2) is 5.29. The highest BCUT2D eigenvalue weighted by Crippen LogP contribution is 2.26. The topological polar surface area (TPSA) is 63.8 Å². The molecule has 1 heterocycles. The molecule has 1 aromatic carbocycles. The molecule has 1 N–H and O–H groups in total. The summed E-state index contributed by atoms with van der Waals surface area (Å²) in [5.74, 6) is 0. The molecule has 2 aromatic rings. The molecule has 2 rings (SSSR count). The van der Waals surface area contributed by atoms with Gasteiger partial charge >= 0.3 is 0 Å². The Kier molecular flexibility index (Phi) is 3.75. The third-order valence-electron chi connectivity index (χ3n) is 2.44. The number of benzene rings is 1. The predicted molar refractivity (Wildman–Crippen MR) is 64.6 cm³/mol. The number of aromatic nitrogens is 4. The van der Waals surface area contributed by atoms with Crippen LogP contribution in [0, 0.1) is 0 Å². The van der Waals surface area contributed by atoms with Crippen molar-refractivity contribution < 1.29 is 5.11 Å². The number of aliphatic hydroxyl groups excluding tert-OH is 1. The van der Waals surface area contributed by atoms with Gasteiger partial charge in [-0.1, -0.05) is 19.1 Å². The molecule has 5 nitrogen and oxygen atoms in total. The Morgan fingerprint density at radius 1 is 1.35 bits per heavy atom. The van der Waals surface area contributed by atoms with Gasteiger partial charge in [0.05, 0.1) is 6.10 Å². The molecule has 0 aliphatic heterocycles. The van der Waals surface area contributed by atoms with Gasteiger partial charge in [0.15, 0.2) is 0 Å². The molecule has 0 amide bonds. The van der Waals surface area contributed by atoms with Crippen molar-refractivity contribution in [2.45, 2.75) is 29.5 Å². The average molecular weight is 250 g/mol. The Balaban J connectivity index is 2.11. The maximum absolute atomic E-state index is 9.68. The van der Waals surface area contributed by atoms with Gasteiger partial charge in [0.25, 0.3) is 0 Å². The molecule has 90 valence electrons. The molecule has 0 aliphatic rings. The van der Waals surface area contributed by atoms with Crippen LogP contribution in [0.5, 0.6) is 0 Å². The van der Waals surface area contributed by atoms with Crippen LogP contribution in [0.2, 0.25) is 0 Å². The zero-order valence-corrected chi connectivity index (χ0v) is 10.6. The monoisotopic (exact) mass is 250 g/mol. The second-order valence-corrected chi connectivity index (χ2v) is 4.72. The first kappa shape index (κ1) is 12.1. The summed E-state index contributed by atoms with van der Waals surface area (Å²) in [5.41, 5.74) is 0.938. The molecule has 17 heavy (non-hydrogen) atoms. The lowest BCUT2D eigenvalue weighted by Crippen LogP contribution is -1.95. The summed E-state index contributed by atoms with van der Waals surface area (Å²) < 4.78 is 1.62. The minimum absolute atomic E-state index is 0.384. The normalized spacial score (nSPS) is 12.6. The first-order chi connectivity index (χ1) is 8.20. The van der Waals surface area contributed by atoms with Gasteiger partial charge in [0.2, 0.25) is 5.16 Å². The van der Waals surface area contributed by atoms with Gasteiger partial charge < -0.3 is 5.11 Å². The van der Waals surface area contributed by atoms with Gasteiger partial charge in [-0.15, -0.1) is 5.10 Å². The average Bonchev–Trinajstić information content (AvgIpc) is 2.75. The van der Waals surface area contributed by atoms with Gasteiger partial charge in [-0.05, 0) is 46.3 Å². The van der Waals surface area contributed by atoms with Crippen molar-refractivity contribution in [1.82, 2.24) is 20.2 Å². The molecule has 1 atom stereocenters. The van der Waals surface area contributed by atoms with E-state index in [1.165, 1.54) is 11.8 Å². The van der Waals surface area contributed by atoms with Crippen LogP contribution in [0.4, 0.5) is 0 Å². The summed E-state index contributed by atoms with van der Waals surface area (Å²) in [5, 5.41) is 21.7. The first-order valence-corrected chi connectivity index (χ1v) is 6.20. The predicted octanol–water partition coefficient (Wildman–Crippen LogP) is 1.80. The van der Waals surface area contributed by atoms with Crippen LogP contribution in [0.15, 0.2) is 34.3 Å². The Hall–Kier alpha value is -1.40. The van der Waals surface area contributed by atoms with Gasteiger partial charge in [0.1, 0.15) is 0 Å². The van der Waals surface area contributed by atoms with E-state index in [0.717, 1.165) is 22.0 Å². The Bertz CT molecular complexity index is 482. The lowest BCUT2D eigenvalue weighted by molar-refractivity contribution is 0.173. The van der Waals surface area contributed by atoms with Crippen LogP contribution in [0.3, 0.4) is 0 Å². The maximum atomic E-state index is 9.68. The molecule has 1 unspecified atom stereocenters. The van der Waals surface area contributed by atoms with Crippen molar-refractivity contribution in [3.8, 4) is 0 Å². The van der Waals surface area contributed by atoms with E-state index < -0.39 is 0 Å². The molecule has 1 aromatic heterocycles. The van der Waals surface area contributed by atoms with Crippen LogP contribution >= 0.6 is 11.8 Å². The zero-order chi connectivity index (χ0) is 12.3. The maximum Gasteiger partial charge on any atom is 0.213 e. The van der Waals surface area contributed by atoms with Crippen molar-refractivity contribution in [2.75, 3.05) is 0 Å². The molecule has 6 heteroatoms. The van der Waals surface area contributed by atoms with Crippen molar-refractivity contribution in [2.24, 2.45) is 7.05 Å². The highest BCUT2D eigenvalue weighted by Gasteiger charge is 2.07. The van der Waals surface area contributed by atoms with E-state index in [2.05, 4.69) is 15.5 Å². The summed E-state index contributed by atoms with van der Waals surface area (Å²) in [6, 6.07) is 7.79. The minimum atomic E-state index is -0.384. The fourth-order valence-corrected chi connectivity index (χ4v) is 2.14. The van der Waals surface area contributed by atoms with E-state index in [9.17, 15) is 5.11 Å². The largest absolute Gasteiger partial charge is 0.388 e. The van der Waals surface area contributed by atoms with Gasteiger partial charge in [0, 0.05) is 11.9 Å². The van der Waals surface area contributed by atoms with Gasteiger partial charge in [-0.2, -0.15) is 0 Å². The van der Waals surface area contributed by atoms with E-state index in [1.54, 1.807) is 11.7 Å². The van der Waals surface area contributed by atoms with Crippen molar-refractivity contribution in [3.05, 3.63) is 29.8 Å². The van der Waals surface area contributed by atoms with Crippen molar-refractivity contribution in [3.63, 3.8) is 0 Å². The first-order valence-electron chi connectivity index (χ1n) is 5.39. The Morgan fingerprint density at radius 3 is 2.59 bits per heavy atom. The summed E-state index contributed by atoms with van der Waals surface area (Å²) in [6.07, 6.45) is 0.338. The highest BCUT2D eigenvalue weighted by atomic mass is 32.2. The van der Waals surface area contributed by atoms with Crippen LogP contribution in [-0.4, -0.2) is 25.3 Å². The summed E-state index contributed by atoms with van der Waals surface area (Å²) in [6.45, 7) is 1.96. The molecule has 0 saturated heterocycles. The fraction of sp³-hybridized carbons (Fsp3) is 0.364.